The van der Waals surface area contributed by atoms with E-state index in [1.165, 1.54) is 19.3 Å². The van der Waals surface area contributed by atoms with Crippen molar-refractivity contribution in [2.45, 2.75) is 19.3 Å². The van der Waals surface area contributed by atoms with E-state index in [1.807, 2.05) is 11.0 Å². The van der Waals surface area contributed by atoms with Gasteiger partial charge in [-0.1, -0.05) is 6.42 Å². The zero-order chi connectivity index (χ0) is 13.4. The number of carbonyl (C=O) groups excluding carboxylic acids is 1. The van der Waals surface area contributed by atoms with Gasteiger partial charge in [-0.15, -0.1) is 0 Å². The number of halogens is 1. The summed E-state index contributed by atoms with van der Waals surface area (Å²) in [7, 11) is 1.80. The highest BCUT2D eigenvalue weighted by Gasteiger charge is 2.38. The lowest BCUT2D eigenvalue weighted by atomic mass is 10.0. The molecule has 2 aliphatic rings. The third-order valence-electron chi connectivity index (χ3n) is 4.34. The van der Waals surface area contributed by atoms with E-state index in [2.05, 4.69) is 26.2 Å². The minimum absolute atomic E-state index is 0.104. The fraction of sp³-hybridized carbons (Fsp3) is 0.571. The SMILES string of the molecule is CNc1ncc(Br)cc1C(=O)N1CC2CCCC2C1. The van der Waals surface area contributed by atoms with Crippen molar-refractivity contribution >= 4 is 27.7 Å². The molecular formula is C14H18BrN3O. The van der Waals surface area contributed by atoms with Crippen LogP contribution in [0.25, 0.3) is 0 Å². The first-order chi connectivity index (χ1) is 9.19. The molecule has 5 heteroatoms. The third-order valence-corrected chi connectivity index (χ3v) is 4.77. The Balaban J connectivity index is 1.82. The lowest BCUT2D eigenvalue weighted by molar-refractivity contribution is 0.0781. The molecule has 1 aliphatic carbocycles. The van der Waals surface area contributed by atoms with Crippen molar-refractivity contribution in [1.29, 1.82) is 0 Å². The predicted octanol–water partition coefficient (Wildman–Crippen LogP) is 2.76. The number of anilines is 1. The van der Waals surface area contributed by atoms with E-state index in [1.54, 1.807) is 13.2 Å². The van der Waals surface area contributed by atoms with Gasteiger partial charge in [0.15, 0.2) is 0 Å². The summed E-state index contributed by atoms with van der Waals surface area (Å²) in [5.41, 5.74) is 0.664. The highest BCUT2D eigenvalue weighted by atomic mass is 79.9. The Morgan fingerprint density at radius 1 is 1.42 bits per heavy atom. The van der Waals surface area contributed by atoms with Crippen LogP contribution in [0, 0.1) is 11.8 Å². The molecule has 102 valence electrons. The molecule has 1 saturated heterocycles. The first-order valence-electron chi connectivity index (χ1n) is 6.81. The normalized spacial score (nSPS) is 25.5. The number of nitrogens with one attached hydrogen (secondary N) is 1. The van der Waals surface area contributed by atoms with Gasteiger partial charge < -0.3 is 10.2 Å². The standard InChI is InChI=1S/C14H18BrN3O/c1-16-13-12(5-11(15)6-17-13)14(19)18-7-9-3-2-4-10(9)8-18/h5-6,9-10H,2-4,7-8H2,1H3,(H,16,17). The number of aromatic nitrogens is 1. The molecule has 2 unspecified atom stereocenters. The molecular weight excluding hydrogens is 306 g/mol. The Labute approximate surface area is 121 Å². The minimum Gasteiger partial charge on any atom is -0.372 e. The van der Waals surface area contributed by atoms with Crippen molar-refractivity contribution in [2.24, 2.45) is 11.8 Å². The maximum absolute atomic E-state index is 12.6. The van der Waals surface area contributed by atoms with Crippen LogP contribution in [0.5, 0.6) is 0 Å². The molecule has 1 N–H and O–H groups in total. The van der Waals surface area contributed by atoms with Crippen molar-refractivity contribution in [3.05, 3.63) is 22.3 Å². The van der Waals surface area contributed by atoms with Gasteiger partial charge in [0.1, 0.15) is 5.82 Å². The first kappa shape index (κ1) is 12.9. The monoisotopic (exact) mass is 323 g/mol. The average Bonchev–Trinajstić information content (AvgIpc) is 2.98. The van der Waals surface area contributed by atoms with Crippen LogP contribution < -0.4 is 5.32 Å². The van der Waals surface area contributed by atoms with Crippen molar-refractivity contribution in [2.75, 3.05) is 25.5 Å². The van der Waals surface area contributed by atoms with Crippen molar-refractivity contribution in [3.8, 4) is 0 Å². The summed E-state index contributed by atoms with van der Waals surface area (Å²) in [6, 6.07) is 1.86. The number of likely N-dealkylation sites (tertiary alicyclic amines) is 1. The maximum atomic E-state index is 12.6. The van der Waals surface area contributed by atoms with Gasteiger partial charge in [-0.3, -0.25) is 4.79 Å². The molecule has 1 saturated carbocycles. The third kappa shape index (κ3) is 2.36. The van der Waals surface area contributed by atoms with Gasteiger partial charge in [-0.2, -0.15) is 0 Å². The van der Waals surface area contributed by atoms with Gasteiger partial charge >= 0.3 is 0 Å². The van der Waals surface area contributed by atoms with Crippen LogP contribution in [-0.2, 0) is 0 Å². The molecule has 1 aliphatic heterocycles. The topological polar surface area (TPSA) is 45.2 Å². The van der Waals surface area contributed by atoms with E-state index in [-0.39, 0.29) is 5.91 Å². The molecule has 3 rings (SSSR count). The number of pyridine rings is 1. The van der Waals surface area contributed by atoms with Gasteiger partial charge in [-0.25, -0.2) is 4.98 Å². The Morgan fingerprint density at radius 3 is 2.74 bits per heavy atom. The Kier molecular flexibility index (Phi) is 3.48. The highest BCUT2D eigenvalue weighted by molar-refractivity contribution is 9.10. The number of nitrogens with zero attached hydrogens (tertiary/aromatic N) is 2. The van der Waals surface area contributed by atoms with Crippen LogP contribution in [0.4, 0.5) is 5.82 Å². The summed E-state index contributed by atoms with van der Waals surface area (Å²) >= 11 is 3.39. The van der Waals surface area contributed by atoms with Crippen molar-refractivity contribution in [1.82, 2.24) is 9.88 Å². The van der Waals surface area contributed by atoms with E-state index >= 15 is 0 Å². The second-order valence-electron chi connectivity index (χ2n) is 5.46. The molecule has 0 bridgehead atoms. The lowest BCUT2D eigenvalue weighted by Gasteiger charge is -2.19. The quantitative estimate of drug-likeness (QED) is 0.910. The van der Waals surface area contributed by atoms with Gasteiger partial charge in [0.25, 0.3) is 5.91 Å². The number of carbonyl (C=O) groups is 1. The summed E-state index contributed by atoms with van der Waals surface area (Å²) in [5.74, 6) is 2.21. The molecule has 2 fully saturated rings. The summed E-state index contributed by atoms with van der Waals surface area (Å²) in [6.45, 7) is 1.83. The molecule has 2 heterocycles. The Morgan fingerprint density at radius 2 is 2.11 bits per heavy atom. The molecule has 4 nitrogen and oxygen atoms in total. The van der Waals surface area contributed by atoms with Gasteiger partial charge in [-0.05, 0) is 46.7 Å². The number of hydrogen-bond donors (Lipinski definition) is 1. The second-order valence-corrected chi connectivity index (χ2v) is 6.38. The Bertz CT molecular complexity index is 493. The predicted molar refractivity (Wildman–Crippen MR) is 78.2 cm³/mol. The number of amides is 1. The fourth-order valence-electron chi connectivity index (χ4n) is 3.37. The second kappa shape index (κ2) is 5.12. The van der Waals surface area contributed by atoms with Crippen LogP contribution in [0.1, 0.15) is 29.6 Å². The summed E-state index contributed by atoms with van der Waals surface area (Å²) in [5, 5.41) is 3.00. The number of rotatable bonds is 2. The van der Waals surface area contributed by atoms with Crippen LogP contribution >= 0.6 is 15.9 Å². The zero-order valence-electron chi connectivity index (χ0n) is 11.0. The lowest BCUT2D eigenvalue weighted by Crippen LogP contribution is -2.30. The van der Waals surface area contributed by atoms with Crippen LogP contribution in [0.15, 0.2) is 16.7 Å². The van der Waals surface area contributed by atoms with Crippen LogP contribution in [0.3, 0.4) is 0 Å². The maximum Gasteiger partial charge on any atom is 0.257 e. The molecule has 1 aromatic heterocycles. The van der Waals surface area contributed by atoms with E-state index in [0.717, 1.165) is 29.4 Å². The van der Waals surface area contributed by atoms with E-state index in [4.69, 9.17) is 0 Å². The smallest absolute Gasteiger partial charge is 0.257 e. The summed E-state index contributed by atoms with van der Waals surface area (Å²) in [6.07, 6.45) is 5.60. The minimum atomic E-state index is 0.104. The average molecular weight is 324 g/mol. The molecule has 0 spiro atoms. The van der Waals surface area contributed by atoms with Crippen molar-refractivity contribution in [3.63, 3.8) is 0 Å². The Hall–Kier alpha value is -1.10. The zero-order valence-corrected chi connectivity index (χ0v) is 12.6. The number of fused-ring (bicyclic) bond motifs is 1. The fourth-order valence-corrected chi connectivity index (χ4v) is 3.70. The number of hydrogen-bond acceptors (Lipinski definition) is 3. The highest BCUT2D eigenvalue weighted by Crippen LogP contribution is 2.38. The molecule has 0 aromatic carbocycles. The van der Waals surface area contributed by atoms with E-state index in [0.29, 0.717) is 11.4 Å². The molecule has 1 amide bonds. The van der Waals surface area contributed by atoms with E-state index < -0.39 is 0 Å². The molecule has 1 aromatic rings. The molecule has 19 heavy (non-hydrogen) atoms. The van der Waals surface area contributed by atoms with Gasteiger partial charge in [0.05, 0.1) is 5.56 Å². The molecule has 2 atom stereocenters. The largest absolute Gasteiger partial charge is 0.372 e. The summed E-state index contributed by atoms with van der Waals surface area (Å²) < 4.78 is 0.842. The molecule has 0 radical (unpaired) electrons. The van der Waals surface area contributed by atoms with Gasteiger partial charge in [0, 0.05) is 30.8 Å². The first-order valence-corrected chi connectivity index (χ1v) is 7.61. The van der Waals surface area contributed by atoms with Crippen molar-refractivity contribution < 1.29 is 4.79 Å². The van der Waals surface area contributed by atoms with Crippen LogP contribution in [-0.4, -0.2) is 35.9 Å². The van der Waals surface area contributed by atoms with Crippen LogP contribution in [0.2, 0.25) is 0 Å². The van der Waals surface area contributed by atoms with Gasteiger partial charge in [0.2, 0.25) is 0 Å². The summed E-state index contributed by atoms with van der Waals surface area (Å²) in [4.78, 5) is 18.9. The van der Waals surface area contributed by atoms with E-state index in [9.17, 15) is 4.79 Å².